The van der Waals surface area contributed by atoms with Gasteiger partial charge in [-0.1, -0.05) is 12.1 Å². The predicted octanol–water partition coefficient (Wildman–Crippen LogP) is 1.78. The second-order valence-corrected chi connectivity index (χ2v) is 5.25. The van der Waals surface area contributed by atoms with Crippen molar-refractivity contribution >= 4 is 17.8 Å². The first-order chi connectivity index (χ1) is 8.84. The van der Waals surface area contributed by atoms with Crippen molar-refractivity contribution in [3.05, 3.63) is 35.4 Å². The number of rotatable bonds is 4. The third-order valence-electron chi connectivity index (χ3n) is 3.42. The molecule has 5 nitrogen and oxygen atoms in total. The molecule has 5 heteroatoms. The van der Waals surface area contributed by atoms with Crippen LogP contribution in [0.4, 0.5) is 0 Å². The van der Waals surface area contributed by atoms with Gasteiger partial charge in [0.2, 0.25) is 0 Å². The topological polar surface area (TPSA) is 74.7 Å². The maximum atomic E-state index is 12.1. The number of carboxylic acids is 1. The molecule has 0 fully saturated rings. The molecule has 0 aliphatic carbocycles. The van der Waals surface area contributed by atoms with Gasteiger partial charge in [-0.25, -0.2) is 0 Å². The molecule has 1 aliphatic heterocycles. The van der Waals surface area contributed by atoms with E-state index in [0.717, 1.165) is 4.90 Å². The lowest BCUT2D eigenvalue weighted by atomic mass is 9.89. The highest BCUT2D eigenvalue weighted by atomic mass is 16.4. The van der Waals surface area contributed by atoms with Crippen molar-refractivity contribution in [2.45, 2.75) is 20.3 Å². The Bertz CT molecular complexity index is 527. The van der Waals surface area contributed by atoms with E-state index in [-0.39, 0.29) is 24.8 Å². The molecule has 0 unspecified atom stereocenters. The quantitative estimate of drug-likeness (QED) is 0.838. The van der Waals surface area contributed by atoms with E-state index in [4.69, 9.17) is 5.11 Å². The van der Waals surface area contributed by atoms with E-state index in [0.29, 0.717) is 11.1 Å². The lowest BCUT2D eigenvalue weighted by Crippen LogP contribution is -2.35. The van der Waals surface area contributed by atoms with Crippen molar-refractivity contribution in [1.82, 2.24) is 4.90 Å². The molecule has 1 aliphatic rings. The highest BCUT2D eigenvalue weighted by molar-refractivity contribution is 6.21. The van der Waals surface area contributed by atoms with Gasteiger partial charge in [-0.05, 0) is 32.4 Å². The zero-order chi connectivity index (χ0) is 14.2. The maximum Gasteiger partial charge on any atom is 0.309 e. The number of nitrogens with zero attached hydrogens (tertiary/aromatic N) is 1. The third-order valence-corrected chi connectivity index (χ3v) is 3.42. The maximum absolute atomic E-state index is 12.1. The molecule has 1 aromatic carbocycles. The van der Waals surface area contributed by atoms with E-state index in [1.807, 2.05) is 0 Å². The van der Waals surface area contributed by atoms with Gasteiger partial charge in [-0.15, -0.1) is 0 Å². The molecule has 0 atom stereocenters. The molecule has 19 heavy (non-hydrogen) atoms. The molecule has 100 valence electrons. The Morgan fingerprint density at radius 3 is 2.05 bits per heavy atom. The summed E-state index contributed by atoms with van der Waals surface area (Å²) >= 11 is 0. The summed E-state index contributed by atoms with van der Waals surface area (Å²) in [6, 6.07) is 6.62. The standard InChI is InChI=1S/C14H15NO4/c1-14(2,13(18)19)7-8-15-11(16)9-5-3-4-6-10(9)12(15)17/h3-6H,7-8H2,1-2H3,(H,18,19). The molecule has 0 spiro atoms. The number of hydrogen-bond acceptors (Lipinski definition) is 3. The van der Waals surface area contributed by atoms with Gasteiger partial charge in [0.25, 0.3) is 11.8 Å². The van der Waals surface area contributed by atoms with Gasteiger partial charge < -0.3 is 5.11 Å². The summed E-state index contributed by atoms with van der Waals surface area (Å²) in [5.41, 5.74) is -0.184. The first-order valence-corrected chi connectivity index (χ1v) is 6.03. The Morgan fingerprint density at radius 1 is 1.16 bits per heavy atom. The first-order valence-electron chi connectivity index (χ1n) is 6.03. The molecule has 1 aromatic rings. The summed E-state index contributed by atoms with van der Waals surface area (Å²) in [5, 5.41) is 9.03. The predicted molar refractivity (Wildman–Crippen MR) is 67.8 cm³/mol. The number of carbonyl (C=O) groups is 3. The van der Waals surface area contributed by atoms with E-state index in [9.17, 15) is 14.4 Å². The van der Waals surface area contributed by atoms with Gasteiger partial charge in [0.05, 0.1) is 16.5 Å². The number of aliphatic carboxylic acids is 1. The van der Waals surface area contributed by atoms with Gasteiger partial charge in [0, 0.05) is 6.54 Å². The largest absolute Gasteiger partial charge is 0.481 e. The summed E-state index contributed by atoms with van der Waals surface area (Å²) in [4.78, 5) is 36.2. The molecule has 0 saturated carbocycles. The van der Waals surface area contributed by atoms with Crippen LogP contribution in [0.3, 0.4) is 0 Å². The molecule has 2 rings (SSSR count). The minimum atomic E-state index is -0.963. The van der Waals surface area contributed by atoms with Crippen LogP contribution < -0.4 is 0 Å². The Morgan fingerprint density at radius 2 is 1.63 bits per heavy atom. The molecular weight excluding hydrogens is 246 g/mol. The van der Waals surface area contributed by atoms with Gasteiger partial charge in [-0.2, -0.15) is 0 Å². The van der Waals surface area contributed by atoms with Crippen molar-refractivity contribution in [3.63, 3.8) is 0 Å². The Balaban J connectivity index is 2.15. The molecule has 1 heterocycles. The zero-order valence-corrected chi connectivity index (χ0v) is 10.8. The van der Waals surface area contributed by atoms with E-state index in [1.54, 1.807) is 38.1 Å². The molecule has 1 N–H and O–H groups in total. The normalized spacial score (nSPS) is 14.7. The number of hydrogen-bond donors (Lipinski definition) is 1. The molecule has 0 bridgehead atoms. The van der Waals surface area contributed by atoms with E-state index in [1.165, 1.54) is 0 Å². The first kappa shape index (κ1) is 13.3. The van der Waals surface area contributed by atoms with Crippen LogP contribution in [0.25, 0.3) is 0 Å². The van der Waals surface area contributed by atoms with Gasteiger partial charge >= 0.3 is 5.97 Å². The van der Waals surface area contributed by atoms with E-state index < -0.39 is 11.4 Å². The third kappa shape index (κ3) is 2.23. The summed E-state index contributed by atoms with van der Waals surface area (Å²) in [5.74, 6) is -1.63. The van der Waals surface area contributed by atoms with Crippen LogP contribution in [-0.4, -0.2) is 34.3 Å². The molecule has 2 amide bonds. The van der Waals surface area contributed by atoms with Crippen molar-refractivity contribution < 1.29 is 19.5 Å². The monoisotopic (exact) mass is 261 g/mol. The van der Waals surface area contributed by atoms with E-state index in [2.05, 4.69) is 0 Å². The van der Waals surface area contributed by atoms with Crippen LogP contribution in [-0.2, 0) is 4.79 Å². The lowest BCUT2D eigenvalue weighted by molar-refractivity contribution is -0.147. The van der Waals surface area contributed by atoms with Crippen LogP contribution >= 0.6 is 0 Å². The number of fused-ring (bicyclic) bond motifs is 1. The molecule has 0 radical (unpaired) electrons. The second-order valence-electron chi connectivity index (χ2n) is 5.25. The fraction of sp³-hybridized carbons (Fsp3) is 0.357. The minimum Gasteiger partial charge on any atom is -0.481 e. The van der Waals surface area contributed by atoms with Crippen molar-refractivity contribution in [2.75, 3.05) is 6.54 Å². The summed E-state index contributed by atoms with van der Waals surface area (Å²) in [7, 11) is 0. The van der Waals surface area contributed by atoms with Crippen LogP contribution in [0.15, 0.2) is 24.3 Å². The Kier molecular flexibility index (Phi) is 3.14. The molecule has 0 saturated heterocycles. The molecular formula is C14H15NO4. The zero-order valence-electron chi connectivity index (χ0n) is 10.8. The number of carboxylic acid groups (broad SMARTS) is 1. The van der Waals surface area contributed by atoms with Crippen molar-refractivity contribution in [2.24, 2.45) is 5.41 Å². The van der Waals surface area contributed by atoms with Gasteiger partial charge in [0.15, 0.2) is 0 Å². The number of amides is 2. The SMILES string of the molecule is CC(C)(CCN1C(=O)c2ccccc2C1=O)C(=O)O. The van der Waals surface area contributed by atoms with Crippen LogP contribution in [0.2, 0.25) is 0 Å². The van der Waals surface area contributed by atoms with Crippen molar-refractivity contribution in [1.29, 1.82) is 0 Å². The Hall–Kier alpha value is -2.17. The fourth-order valence-electron chi connectivity index (χ4n) is 1.94. The summed E-state index contributed by atoms with van der Waals surface area (Å²) in [6.07, 6.45) is 0.230. The second kappa shape index (κ2) is 4.50. The van der Waals surface area contributed by atoms with Gasteiger partial charge in [0.1, 0.15) is 0 Å². The van der Waals surface area contributed by atoms with Crippen LogP contribution in [0, 0.1) is 5.41 Å². The van der Waals surface area contributed by atoms with Crippen LogP contribution in [0.1, 0.15) is 41.0 Å². The number of carbonyl (C=O) groups excluding carboxylic acids is 2. The smallest absolute Gasteiger partial charge is 0.309 e. The Labute approximate surface area is 110 Å². The average molecular weight is 261 g/mol. The number of benzene rings is 1. The lowest BCUT2D eigenvalue weighted by Gasteiger charge is -2.22. The molecule has 0 aromatic heterocycles. The fourth-order valence-corrected chi connectivity index (χ4v) is 1.94. The summed E-state index contributed by atoms with van der Waals surface area (Å²) in [6.45, 7) is 3.27. The highest BCUT2D eigenvalue weighted by Crippen LogP contribution is 2.26. The van der Waals surface area contributed by atoms with Crippen molar-refractivity contribution in [3.8, 4) is 0 Å². The average Bonchev–Trinajstić information content (AvgIpc) is 2.60. The van der Waals surface area contributed by atoms with Gasteiger partial charge in [-0.3, -0.25) is 19.3 Å². The summed E-state index contributed by atoms with van der Waals surface area (Å²) < 4.78 is 0. The van der Waals surface area contributed by atoms with Crippen LogP contribution in [0.5, 0.6) is 0 Å². The number of imide groups is 1. The highest BCUT2D eigenvalue weighted by Gasteiger charge is 2.37. The minimum absolute atomic E-state index is 0.117. The van der Waals surface area contributed by atoms with E-state index >= 15 is 0 Å².